The molecule has 0 aliphatic carbocycles. The van der Waals surface area contributed by atoms with Gasteiger partial charge < -0.3 is 10.6 Å². The first-order valence-electron chi connectivity index (χ1n) is 7.89. The third-order valence-corrected chi connectivity index (χ3v) is 5.34. The molecule has 1 heterocycles. The van der Waals surface area contributed by atoms with Gasteiger partial charge in [-0.25, -0.2) is 0 Å². The third-order valence-electron chi connectivity index (χ3n) is 4.40. The summed E-state index contributed by atoms with van der Waals surface area (Å²) >= 11 is 1.77. The second kappa shape index (κ2) is 7.21. The smallest absolute Gasteiger partial charge is 0.126 e. The van der Waals surface area contributed by atoms with E-state index in [0.29, 0.717) is 0 Å². The highest BCUT2D eigenvalue weighted by molar-refractivity contribution is 7.99. The van der Waals surface area contributed by atoms with Gasteiger partial charge in [0, 0.05) is 23.7 Å². The molecule has 0 radical (unpaired) electrons. The average Bonchev–Trinajstić information content (AvgIpc) is 2.47. The molecule has 4 heteroatoms. The van der Waals surface area contributed by atoms with Crippen molar-refractivity contribution in [2.24, 2.45) is 17.6 Å². The maximum absolute atomic E-state index is 7.96. The molecule has 1 aliphatic rings. The van der Waals surface area contributed by atoms with Gasteiger partial charge in [-0.1, -0.05) is 26.8 Å². The fourth-order valence-corrected chi connectivity index (χ4v) is 3.98. The summed E-state index contributed by atoms with van der Waals surface area (Å²) in [7, 11) is 0. The summed E-state index contributed by atoms with van der Waals surface area (Å²) in [6, 6.07) is 6.29. The first kappa shape index (κ1) is 16.2. The Labute approximate surface area is 132 Å². The van der Waals surface area contributed by atoms with Gasteiger partial charge in [-0.05, 0) is 42.6 Å². The summed E-state index contributed by atoms with van der Waals surface area (Å²) in [5.74, 6) is 2.78. The highest BCUT2D eigenvalue weighted by atomic mass is 32.2. The lowest BCUT2D eigenvalue weighted by molar-refractivity contribution is 0.311. The van der Waals surface area contributed by atoms with Crippen LogP contribution in [0.4, 0.5) is 5.69 Å². The highest BCUT2D eigenvalue weighted by Crippen LogP contribution is 2.34. The Morgan fingerprint density at radius 2 is 2.05 bits per heavy atom. The van der Waals surface area contributed by atoms with E-state index in [0.717, 1.165) is 46.8 Å². The molecule has 0 unspecified atom stereocenters. The molecule has 1 saturated heterocycles. The lowest BCUT2D eigenvalue weighted by atomic mass is 9.86. The zero-order chi connectivity index (χ0) is 15.4. The molecular weight excluding hydrogens is 278 g/mol. The van der Waals surface area contributed by atoms with Crippen molar-refractivity contribution in [3.63, 3.8) is 0 Å². The molecule has 0 aromatic heterocycles. The first-order valence-corrected chi connectivity index (χ1v) is 8.88. The quantitative estimate of drug-likeness (QED) is 0.492. The van der Waals surface area contributed by atoms with Crippen LogP contribution in [0.25, 0.3) is 0 Å². The van der Waals surface area contributed by atoms with Crippen LogP contribution in [0.5, 0.6) is 0 Å². The van der Waals surface area contributed by atoms with E-state index in [4.69, 9.17) is 11.1 Å². The summed E-state index contributed by atoms with van der Waals surface area (Å²) in [5.41, 5.74) is 7.94. The average molecular weight is 305 g/mol. The monoisotopic (exact) mass is 305 g/mol. The minimum atomic E-state index is 0.188. The Balaban J connectivity index is 2.24. The van der Waals surface area contributed by atoms with Crippen LogP contribution in [-0.2, 0) is 0 Å². The van der Waals surface area contributed by atoms with E-state index in [2.05, 4.69) is 43.9 Å². The second-order valence-corrected chi connectivity index (χ2v) is 7.37. The van der Waals surface area contributed by atoms with Gasteiger partial charge in [0.2, 0.25) is 0 Å². The van der Waals surface area contributed by atoms with Crippen LogP contribution in [0.15, 0.2) is 23.1 Å². The number of amidine groups is 1. The summed E-state index contributed by atoms with van der Waals surface area (Å²) in [4.78, 5) is 3.54. The number of nitrogen functional groups attached to an aromatic ring is 1. The molecule has 2 rings (SSSR count). The van der Waals surface area contributed by atoms with Gasteiger partial charge in [0.1, 0.15) is 5.84 Å². The summed E-state index contributed by atoms with van der Waals surface area (Å²) in [5, 5.41) is 7.96. The largest absolute Gasteiger partial charge is 0.384 e. The normalized spacial score (nSPS) is 16.5. The lowest BCUT2D eigenvalue weighted by Crippen LogP contribution is -2.36. The predicted octanol–water partition coefficient (Wildman–Crippen LogP) is 3.96. The van der Waals surface area contributed by atoms with Crippen molar-refractivity contribution in [2.45, 2.75) is 38.5 Å². The molecule has 1 aromatic carbocycles. The van der Waals surface area contributed by atoms with E-state index >= 15 is 0 Å². The number of nitrogens with one attached hydrogen (secondary N) is 1. The minimum Gasteiger partial charge on any atom is -0.384 e. The second-order valence-electron chi connectivity index (χ2n) is 6.07. The minimum absolute atomic E-state index is 0.188. The molecular formula is C17H27N3S. The number of hydrogen-bond donors (Lipinski definition) is 2. The molecule has 0 atom stereocenters. The summed E-state index contributed by atoms with van der Waals surface area (Å²) < 4.78 is 0. The van der Waals surface area contributed by atoms with E-state index in [9.17, 15) is 0 Å². The Kier molecular flexibility index (Phi) is 5.57. The molecule has 0 spiro atoms. The van der Waals surface area contributed by atoms with Crippen LogP contribution in [-0.4, -0.2) is 24.7 Å². The number of nitrogens with two attached hydrogens (primary N) is 1. The van der Waals surface area contributed by atoms with Crippen molar-refractivity contribution < 1.29 is 0 Å². The zero-order valence-electron chi connectivity index (χ0n) is 13.4. The Morgan fingerprint density at radius 3 is 2.57 bits per heavy atom. The van der Waals surface area contributed by atoms with E-state index in [1.165, 1.54) is 12.8 Å². The van der Waals surface area contributed by atoms with Gasteiger partial charge in [0.15, 0.2) is 0 Å². The van der Waals surface area contributed by atoms with Gasteiger partial charge in [0.05, 0.1) is 5.56 Å². The van der Waals surface area contributed by atoms with Crippen molar-refractivity contribution in [1.82, 2.24) is 0 Å². The summed E-state index contributed by atoms with van der Waals surface area (Å²) in [6.45, 7) is 8.92. The van der Waals surface area contributed by atoms with E-state index in [-0.39, 0.29) is 5.84 Å². The van der Waals surface area contributed by atoms with Crippen LogP contribution in [0, 0.1) is 17.2 Å². The van der Waals surface area contributed by atoms with Gasteiger partial charge >= 0.3 is 0 Å². The van der Waals surface area contributed by atoms with Crippen molar-refractivity contribution in [1.29, 1.82) is 5.41 Å². The van der Waals surface area contributed by atoms with E-state index in [1.54, 1.807) is 11.8 Å². The lowest BCUT2D eigenvalue weighted by Gasteiger charge is -2.36. The molecule has 0 bridgehead atoms. The first-order chi connectivity index (χ1) is 10.0. The van der Waals surface area contributed by atoms with Gasteiger partial charge in [0.25, 0.3) is 0 Å². The van der Waals surface area contributed by atoms with Crippen molar-refractivity contribution >= 4 is 23.3 Å². The van der Waals surface area contributed by atoms with Crippen molar-refractivity contribution in [3.05, 3.63) is 23.8 Å². The number of hydrogen-bond acceptors (Lipinski definition) is 3. The Morgan fingerprint density at radius 1 is 1.38 bits per heavy atom. The van der Waals surface area contributed by atoms with Crippen LogP contribution in [0.3, 0.4) is 0 Å². The van der Waals surface area contributed by atoms with Crippen molar-refractivity contribution in [3.8, 4) is 0 Å². The maximum Gasteiger partial charge on any atom is 0.126 e. The van der Waals surface area contributed by atoms with Crippen LogP contribution in [0.1, 0.15) is 39.2 Å². The number of piperidine rings is 1. The molecule has 3 nitrogen and oxygen atoms in total. The fourth-order valence-electron chi connectivity index (χ4n) is 3.14. The number of nitrogens with zero attached hydrogens (tertiary/aromatic N) is 1. The van der Waals surface area contributed by atoms with Gasteiger partial charge in [-0.3, -0.25) is 5.41 Å². The number of benzene rings is 1. The molecule has 0 saturated carbocycles. The zero-order valence-corrected chi connectivity index (χ0v) is 14.2. The standard InChI is InChI=1S/C17H27N3S/c1-4-21-15-7-5-6-14(16(15)17(18)19)20-10-8-13(9-11-20)12(2)3/h5-7,12-13H,4,8-11H2,1-3H3,(H3,18,19). The Bertz CT molecular complexity index is 491. The molecule has 3 N–H and O–H groups in total. The molecule has 1 fully saturated rings. The van der Waals surface area contributed by atoms with Crippen LogP contribution < -0.4 is 10.6 Å². The molecule has 1 aliphatic heterocycles. The van der Waals surface area contributed by atoms with Crippen LogP contribution >= 0.6 is 11.8 Å². The fraction of sp³-hybridized carbons (Fsp3) is 0.588. The van der Waals surface area contributed by atoms with Crippen LogP contribution in [0.2, 0.25) is 0 Å². The predicted molar refractivity (Wildman–Crippen MR) is 93.6 cm³/mol. The number of anilines is 1. The van der Waals surface area contributed by atoms with E-state index < -0.39 is 0 Å². The van der Waals surface area contributed by atoms with E-state index in [1.807, 2.05) is 0 Å². The molecule has 0 amide bonds. The highest BCUT2D eigenvalue weighted by Gasteiger charge is 2.24. The summed E-state index contributed by atoms with van der Waals surface area (Å²) in [6.07, 6.45) is 2.47. The molecule has 116 valence electrons. The topological polar surface area (TPSA) is 53.1 Å². The molecule has 21 heavy (non-hydrogen) atoms. The van der Waals surface area contributed by atoms with Gasteiger partial charge in [-0.15, -0.1) is 11.8 Å². The number of rotatable bonds is 5. The van der Waals surface area contributed by atoms with Gasteiger partial charge in [-0.2, -0.15) is 0 Å². The molecule has 1 aromatic rings. The SMILES string of the molecule is CCSc1cccc(N2CCC(C(C)C)CC2)c1C(=N)N. The number of thioether (sulfide) groups is 1. The third kappa shape index (κ3) is 3.73. The Hall–Kier alpha value is -1.16. The maximum atomic E-state index is 7.96. The van der Waals surface area contributed by atoms with Crippen molar-refractivity contribution in [2.75, 3.05) is 23.7 Å².